The first kappa shape index (κ1) is 16.5. The average molecular weight is 292 g/mol. The minimum atomic E-state index is -4.47. The van der Waals surface area contributed by atoms with E-state index < -0.39 is 36.3 Å². The number of aliphatic hydroxyl groups is 2. The molecule has 0 saturated heterocycles. The van der Waals surface area contributed by atoms with Gasteiger partial charge in [0.05, 0.1) is 24.7 Å². The molecule has 20 heavy (non-hydrogen) atoms. The summed E-state index contributed by atoms with van der Waals surface area (Å²) in [6, 6.07) is 3.72. The third-order valence-electron chi connectivity index (χ3n) is 2.63. The number of aliphatic hydroxyl groups excluding tert-OH is 2. The highest BCUT2D eigenvalue weighted by Gasteiger charge is 2.30. The summed E-state index contributed by atoms with van der Waals surface area (Å²) in [4.78, 5) is 11.1. The summed E-state index contributed by atoms with van der Waals surface area (Å²) in [6.07, 6.45) is -7.80. The molecule has 1 aromatic rings. The van der Waals surface area contributed by atoms with Crippen LogP contribution in [0.25, 0.3) is 0 Å². The van der Waals surface area contributed by atoms with Gasteiger partial charge in [-0.15, -0.1) is 0 Å². The summed E-state index contributed by atoms with van der Waals surface area (Å²) in [7, 11) is 0. The van der Waals surface area contributed by atoms with Crippen LogP contribution in [0.15, 0.2) is 24.3 Å². The molecule has 0 spiro atoms. The standard InChI is InChI=1S/C13H15F3O4/c1-2-20-11(18)7-10(17)12(19)8-3-5-9(6-4-8)13(14,15)16/h3-6,10,12,17,19H,2,7H2,1H3. The average Bonchev–Trinajstić information content (AvgIpc) is 2.37. The van der Waals surface area contributed by atoms with E-state index in [1.54, 1.807) is 6.92 Å². The van der Waals surface area contributed by atoms with Gasteiger partial charge in [-0.25, -0.2) is 0 Å². The Kier molecular flexibility index (Phi) is 5.52. The summed E-state index contributed by atoms with van der Waals surface area (Å²) in [5, 5.41) is 19.4. The van der Waals surface area contributed by atoms with E-state index in [9.17, 15) is 28.2 Å². The molecule has 2 unspecified atom stereocenters. The Hall–Kier alpha value is -1.60. The van der Waals surface area contributed by atoms with Crippen molar-refractivity contribution in [2.24, 2.45) is 0 Å². The number of carbonyl (C=O) groups is 1. The Labute approximate surface area is 113 Å². The third-order valence-corrected chi connectivity index (χ3v) is 2.63. The van der Waals surface area contributed by atoms with Crippen LogP contribution in [0.2, 0.25) is 0 Å². The zero-order chi connectivity index (χ0) is 15.3. The second-order valence-corrected chi connectivity index (χ2v) is 4.14. The first-order chi connectivity index (χ1) is 9.25. The van der Waals surface area contributed by atoms with Gasteiger partial charge in [0.2, 0.25) is 0 Å². The van der Waals surface area contributed by atoms with Gasteiger partial charge in [0.1, 0.15) is 6.10 Å². The van der Waals surface area contributed by atoms with Crippen molar-refractivity contribution in [3.63, 3.8) is 0 Å². The fourth-order valence-electron chi connectivity index (χ4n) is 1.59. The highest BCUT2D eigenvalue weighted by molar-refractivity contribution is 5.70. The number of esters is 1. The first-order valence-corrected chi connectivity index (χ1v) is 5.94. The molecule has 7 heteroatoms. The number of carbonyl (C=O) groups excluding carboxylic acids is 1. The van der Waals surface area contributed by atoms with E-state index in [4.69, 9.17) is 0 Å². The van der Waals surface area contributed by atoms with Crippen LogP contribution in [0.5, 0.6) is 0 Å². The molecule has 1 aromatic carbocycles. The van der Waals surface area contributed by atoms with E-state index >= 15 is 0 Å². The zero-order valence-corrected chi connectivity index (χ0v) is 10.7. The summed E-state index contributed by atoms with van der Waals surface area (Å²) in [5.41, 5.74) is -0.761. The number of halogens is 3. The molecule has 2 atom stereocenters. The summed E-state index contributed by atoms with van der Waals surface area (Å²) in [6.45, 7) is 1.73. The van der Waals surface area contributed by atoms with Crippen molar-refractivity contribution in [1.82, 2.24) is 0 Å². The van der Waals surface area contributed by atoms with Gasteiger partial charge in [0, 0.05) is 0 Å². The fraction of sp³-hybridized carbons (Fsp3) is 0.462. The van der Waals surface area contributed by atoms with Crippen molar-refractivity contribution in [2.75, 3.05) is 6.61 Å². The smallest absolute Gasteiger partial charge is 0.416 e. The molecular weight excluding hydrogens is 277 g/mol. The molecule has 0 fully saturated rings. The van der Waals surface area contributed by atoms with Crippen molar-refractivity contribution in [1.29, 1.82) is 0 Å². The maximum absolute atomic E-state index is 12.4. The minimum Gasteiger partial charge on any atom is -0.466 e. The van der Waals surface area contributed by atoms with Gasteiger partial charge in [0.15, 0.2) is 0 Å². The maximum atomic E-state index is 12.4. The number of hydrogen-bond donors (Lipinski definition) is 2. The van der Waals surface area contributed by atoms with Gasteiger partial charge in [-0.1, -0.05) is 12.1 Å². The number of ether oxygens (including phenoxy) is 1. The lowest BCUT2D eigenvalue weighted by Gasteiger charge is -2.18. The van der Waals surface area contributed by atoms with Crippen LogP contribution in [-0.2, 0) is 15.7 Å². The number of alkyl halides is 3. The predicted molar refractivity (Wildman–Crippen MR) is 63.7 cm³/mol. The Balaban J connectivity index is 2.72. The number of hydrogen-bond acceptors (Lipinski definition) is 4. The maximum Gasteiger partial charge on any atom is 0.416 e. The molecule has 0 amide bonds. The molecule has 0 aliphatic carbocycles. The van der Waals surface area contributed by atoms with Crippen molar-refractivity contribution in [2.45, 2.75) is 31.7 Å². The van der Waals surface area contributed by atoms with Crippen LogP contribution in [-0.4, -0.2) is 28.9 Å². The van der Waals surface area contributed by atoms with Gasteiger partial charge in [-0.3, -0.25) is 4.79 Å². The number of rotatable bonds is 5. The molecule has 0 bridgehead atoms. The van der Waals surface area contributed by atoms with Gasteiger partial charge in [-0.2, -0.15) is 13.2 Å². The largest absolute Gasteiger partial charge is 0.466 e. The molecule has 0 aliphatic rings. The van der Waals surface area contributed by atoms with Crippen molar-refractivity contribution in [3.8, 4) is 0 Å². The third kappa shape index (κ3) is 4.50. The van der Waals surface area contributed by atoms with E-state index in [2.05, 4.69) is 4.74 Å². The van der Waals surface area contributed by atoms with Crippen LogP contribution in [0.1, 0.15) is 30.6 Å². The SMILES string of the molecule is CCOC(=O)CC(O)C(O)c1ccc(C(F)(F)F)cc1. The quantitative estimate of drug-likeness (QED) is 0.815. The Morgan fingerprint density at radius 3 is 2.25 bits per heavy atom. The Bertz CT molecular complexity index is 442. The highest BCUT2D eigenvalue weighted by atomic mass is 19.4. The molecule has 0 heterocycles. The van der Waals surface area contributed by atoms with Gasteiger partial charge in [-0.05, 0) is 24.6 Å². The van der Waals surface area contributed by atoms with Crippen LogP contribution in [0.3, 0.4) is 0 Å². The lowest BCUT2D eigenvalue weighted by molar-refractivity contribution is -0.147. The Morgan fingerprint density at radius 2 is 1.80 bits per heavy atom. The molecule has 1 rings (SSSR count). The summed E-state index contributed by atoms with van der Waals surface area (Å²) >= 11 is 0. The normalized spacial score (nSPS) is 14.7. The molecule has 4 nitrogen and oxygen atoms in total. The molecule has 0 aromatic heterocycles. The van der Waals surface area contributed by atoms with Crippen molar-refractivity contribution < 1.29 is 32.9 Å². The van der Waals surface area contributed by atoms with Crippen LogP contribution >= 0.6 is 0 Å². The molecule has 0 saturated carbocycles. The lowest BCUT2D eigenvalue weighted by atomic mass is 10.0. The molecular formula is C13H15F3O4. The van der Waals surface area contributed by atoms with E-state index in [1.165, 1.54) is 0 Å². The van der Waals surface area contributed by atoms with Crippen LogP contribution in [0, 0.1) is 0 Å². The van der Waals surface area contributed by atoms with Gasteiger partial charge >= 0.3 is 12.1 Å². The van der Waals surface area contributed by atoms with E-state index in [1.807, 2.05) is 0 Å². The highest BCUT2D eigenvalue weighted by Crippen LogP contribution is 2.30. The molecule has 0 aliphatic heterocycles. The van der Waals surface area contributed by atoms with E-state index in [-0.39, 0.29) is 12.2 Å². The van der Waals surface area contributed by atoms with Gasteiger partial charge in [0.25, 0.3) is 0 Å². The second kappa shape index (κ2) is 6.71. The topological polar surface area (TPSA) is 66.8 Å². The molecule has 0 radical (unpaired) electrons. The zero-order valence-electron chi connectivity index (χ0n) is 10.7. The molecule has 2 N–H and O–H groups in total. The molecule has 112 valence electrons. The lowest BCUT2D eigenvalue weighted by Crippen LogP contribution is -2.23. The minimum absolute atomic E-state index is 0.0924. The van der Waals surface area contributed by atoms with Crippen LogP contribution in [0.4, 0.5) is 13.2 Å². The van der Waals surface area contributed by atoms with E-state index in [0.717, 1.165) is 24.3 Å². The predicted octanol–water partition coefficient (Wildman–Crippen LogP) is 2.05. The van der Waals surface area contributed by atoms with Crippen molar-refractivity contribution >= 4 is 5.97 Å². The van der Waals surface area contributed by atoms with Gasteiger partial charge < -0.3 is 14.9 Å². The number of benzene rings is 1. The van der Waals surface area contributed by atoms with Crippen LogP contribution < -0.4 is 0 Å². The van der Waals surface area contributed by atoms with E-state index in [0.29, 0.717) is 0 Å². The first-order valence-electron chi connectivity index (χ1n) is 5.94. The summed E-state index contributed by atoms with van der Waals surface area (Å²) < 4.78 is 41.7. The summed E-state index contributed by atoms with van der Waals surface area (Å²) in [5.74, 6) is -0.689. The van der Waals surface area contributed by atoms with Crippen molar-refractivity contribution in [3.05, 3.63) is 35.4 Å². The second-order valence-electron chi connectivity index (χ2n) is 4.14. The monoisotopic (exact) mass is 292 g/mol. The Morgan fingerprint density at radius 1 is 1.25 bits per heavy atom. The fourth-order valence-corrected chi connectivity index (χ4v) is 1.59.